The van der Waals surface area contributed by atoms with Gasteiger partial charge in [0.05, 0.1) is 6.54 Å². The van der Waals surface area contributed by atoms with Gasteiger partial charge in [0.1, 0.15) is 0 Å². The monoisotopic (exact) mass is 191 g/mol. The van der Waals surface area contributed by atoms with Crippen molar-refractivity contribution in [2.45, 2.75) is 40.0 Å². The van der Waals surface area contributed by atoms with Gasteiger partial charge in [-0.15, -0.1) is 0 Å². The third-order valence-electron chi connectivity index (χ3n) is 2.09. The summed E-state index contributed by atoms with van der Waals surface area (Å²) >= 11 is 0. The fourth-order valence-corrected chi connectivity index (χ4v) is 1.01. The Morgan fingerprint density at radius 3 is 2.14 bits per heavy atom. The van der Waals surface area contributed by atoms with Crippen LogP contribution in [-0.2, 0) is 0 Å². The van der Waals surface area contributed by atoms with Gasteiger partial charge in [-0.1, -0.05) is 39.0 Å². The number of hydrogen-bond acceptors (Lipinski definition) is 1. The van der Waals surface area contributed by atoms with Gasteiger partial charge >= 0.3 is 0 Å². The van der Waals surface area contributed by atoms with Crippen LogP contribution in [0.3, 0.4) is 0 Å². The molecule has 0 spiro atoms. The highest BCUT2D eigenvalue weighted by Crippen LogP contribution is 1.89. The van der Waals surface area contributed by atoms with Crippen molar-refractivity contribution in [2.75, 3.05) is 19.6 Å². The molecule has 0 N–H and O–H groups in total. The molecule has 0 aliphatic carbocycles. The molecule has 0 fully saturated rings. The van der Waals surface area contributed by atoms with E-state index in [1.165, 1.54) is 12.8 Å². The first-order valence-electron chi connectivity index (χ1n) is 5.53. The summed E-state index contributed by atoms with van der Waals surface area (Å²) in [6, 6.07) is 0. The fourth-order valence-electron chi connectivity index (χ4n) is 1.01. The normalized spacial score (nSPS) is 8.86. The van der Waals surface area contributed by atoms with Crippen LogP contribution in [0.25, 0.3) is 0 Å². The fraction of sp³-hybridized carbons (Fsp3) is 0.692. The number of unbranched alkanes of at least 4 members (excludes halogenated alkanes) is 2. The second-order valence-electron chi connectivity index (χ2n) is 3.17. The molecule has 0 atom stereocenters. The van der Waals surface area contributed by atoms with Crippen LogP contribution in [-0.4, -0.2) is 24.5 Å². The Morgan fingerprint density at radius 1 is 0.929 bits per heavy atom. The Morgan fingerprint density at radius 2 is 1.57 bits per heavy atom. The summed E-state index contributed by atoms with van der Waals surface area (Å²) in [6.45, 7) is 9.45. The first kappa shape index (κ1) is 13.1. The maximum Gasteiger partial charge on any atom is 0.0611 e. The van der Waals surface area contributed by atoms with E-state index in [2.05, 4.69) is 49.4 Å². The molecule has 0 aromatic heterocycles. The van der Waals surface area contributed by atoms with Crippen LogP contribution in [0.5, 0.6) is 0 Å². The van der Waals surface area contributed by atoms with E-state index < -0.39 is 0 Å². The highest BCUT2D eigenvalue weighted by atomic mass is 15.1. The molecule has 0 unspecified atom stereocenters. The largest absolute Gasteiger partial charge is 0.293 e. The molecule has 0 bridgehead atoms. The molecule has 0 aromatic carbocycles. The first-order valence-corrected chi connectivity index (χ1v) is 5.53. The molecular weight excluding hydrogens is 170 g/mol. The van der Waals surface area contributed by atoms with E-state index in [1.807, 2.05) is 0 Å². The van der Waals surface area contributed by atoms with Crippen LogP contribution in [0.1, 0.15) is 40.0 Å². The van der Waals surface area contributed by atoms with E-state index in [9.17, 15) is 0 Å². The molecule has 1 nitrogen and oxygen atoms in total. The van der Waals surface area contributed by atoms with Crippen molar-refractivity contribution in [2.24, 2.45) is 0 Å². The zero-order valence-electron chi connectivity index (χ0n) is 9.69. The van der Waals surface area contributed by atoms with Gasteiger partial charge in [0.2, 0.25) is 0 Å². The highest BCUT2D eigenvalue weighted by molar-refractivity contribution is 5.26. The van der Waals surface area contributed by atoms with Crippen molar-refractivity contribution in [1.82, 2.24) is 4.90 Å². The third-order valence-corrected chi connectivity index (χ3v) is 2.09. The zero-order chi connectivity index (χ0) is 10.6. The van der Waals surface area contributed by atoms with E-state index in [0.717, 1.165) is 26.1 Å². The van der Waals surface area contributed by atoms with Crippen LogP contribution >= 0.6 is 0 Å². The third kappa shape index (κ3) is 7.71. The molecule has 0 radical (unpaired) electrons. The van der Waals surface area contributed by atoms with E-state index in [1.54, 1.807) is 0 Å². The molecular formula is C13H21N. The summed E-state index contributed by atoms with van der Waals surface area (Å²) in [4.78, 5) is 2.28. The van der Waals surface area contributed by atoms with E-state index in [-0.39, 0.29) is 0 Å². The first-order chi connectivity index (χ1) is 6.85. The van der Waals surface area contributed by atoms with Crippen LogP contribution in [0.15, 0.2) is 0 Å². The van der Waals surface area contributed by atoms with Crippen molar-refractivity contribution in [3.8, 4) is 23.7 Å². The van der Waals surface area contributed by atoms with Gasteiger partial charge in [-0.2, -0.15) is 0 Å². The number of hydrogen-bond donors (Lipinski definition) is 0. The van der Waals surface area contributed by atoms with Gasteiger partial charge in [-0.05, 0) is 31.4 Å². The molecule has 0 heterocycles. The maximum atomic E-state index is 3.07. The predicted octanol–water partition coefficient (Wildman–Crippen LogP) is 2.53. The van der Waals surface area contributed by atoms with Crippen molar-refractivity contribution >= 4 is 0 Å². The van der Waals surface area contributed by atoms with Crippen molar-refractivity contribution in [3.05, 3.63) is 0 Å². The summed E-state index contributed by atoms with van der Waals surface area (Å²) in [5.41, 5.74) is 0. The van der Waals surface area contributed by atoms with Gasteiger partial charge in [-0.3, -0.25) is 4.90 Å². The van der Waals surface area contributed by atoms with Crippen molar-refractivity contribution in [1.29, 1.82) is 0 Å². The standard InChI is InChI=1S/C13H21N/c1-4-7-8-9-10-11-12-13-14(5-2)6-3/h4-8,13H2,1-3H3. The van der Waals surface area contributed by atoms with Gasteiger partial charge < -0.3 is 0 Å². The Bertz CT molecular complexity index is 229. The minimum absolute atomic E-state index is 0.843. The summed E-state index contributed by atoms with van der Waals surface area (Å²) < 4.78 is 0. The summed E-state index contributed by atoms with van der Waals surface area (Å²) in [7, 11) is 0. The van der Waals surface area contributed by atoms with Crippen LogP contribution < -0.4 is 0 Å². The Kier molecular flexibility index (Phi) is 9.49. The van der Waals surface area contributed by atoms with E-state index >= 15 is 0 Å². The summed E-state index contributed by atoms with van der Waals surface area (Å²) in [5.74, 6) is 11.9. The highest BCUT2D eigenvalue weighted by Gasteiger charge is 1.92. The van der Waals surface area contributed by atoms with Crippen molar-refractivity contribution in [3.63, 3.8) is 0 Å². The van der Waals surface area contributed by atoms with Gasteiger partial charge in [-0.25, -0.2) is 0 Å². The summed E-state index contributed by atoms with van der Waals surface area (Å²) in [5, 5.41) is 0. The molecule has 0 rings (SSSR count). The van der Waals surface area contributed by atoms with Crippen LogP contribution in [0, 0.1) is 23.7 Å². The molecule has 0 aliphatic heterocycles. The van der Waals surface area contributed by atoms with Gasteiger partial charge in [0.15, 0.2) is 0 Å². The number of nitrogens with zero attached hydrogens (tertiary/aromatic N) is 1. The minimum atomic E-state index is 0.843. The zero-order valence-corrected chi connectivity index (χ0v) is 9.69. The average molecular weight is 191 g/mol. The molecule has 0 saturated heterocycles. The molecule has 0 aliphatic rings. The number of rotatable bonds is 5. The van der Waals surface area contributed by atoms with E-state index in [0.29, 0.717) is 0 Å². The quantitative estimate of drug-likeness (QED) is 0.477. The summed E-state index contributed by atoms with van der Waals surface area (Å²) in [6.07, 6.45) is 3.38. The topological polar surface area (TPSA) is 3.24 Å². The second kappa shape index (κ2) is 10.2. The average Bonchev–Trinajstić information content (AvgIpc) is 2.22. The Hall–Kier alpha value is -0.920. The molecule has 0 amide bonds. The lowest BCUT2D eigenvalue weighted by Crippen LogP contribution is -2.22. The van der Waals surface area contributed by atoms with Gasteiger partial charge in [0, 0.05) is 6.42 Å². The molecule has 78 valence electrons. The lowest BCUT2D eigenvalue weighted by molar-refractivity contribution is 0.342. The SMILES string of the molecule is CCCCC#CC#CCN(CC)CC. The molecule has 14 heavy (non-hydrogen) atoms. The Balaban J connectivity index is 3.63. The van der Waals surface area contributed by atoms with E-state index in [4.69, 9.17) is 0 Å². The maximum absolute atomic E-state index is 3.07. The van der Waals surface area contributed by atoms with Crippen molar-refractivity contribution < 1.29 is 0 Å². The lowest BCUT2D eigenvalue weighted by Gasteiger charge is -2.12. The predicted molar refractivity (Wildman–Crippen MR) is 62.9 cm³/mol. The minimum Gasteiger partial charge on any atom is -0.293 e. The lowest BCUT2D eigenvalue weighted by atomic mass is 10.2. The van der Waals surface area contributed by atoms with Crippen LogP contribution in [0.4, 0.5) is 0 Å². The van der Waals surface area contributed by atoms with Gasteiger partial charge in [0.25, 0.3) is 0 Å². The van der Waals surface area contributed by atoms with Crippen LogP contribution in [0.2, 0.25) is 0 Å². The molecule has 0 aromatic rings. The second-order valence-corrected chi connectivity index (χ2v) is 3.17. The molecule has 1 heteroatoms. The molecule has 0 saturated carbocycles. The smallest absolute Gasteiger partial charge is 0.0611 e. The Labute approximate surface area is 88.9 Å².